The van der Waals surface area contributed by atoms with Crippen molar-refractivity contribution in [2.75, 3.05) is 13.1 Å². The molecule has 1 saturated heterocycles. The lowest BCUT2D eigenvalue weighted by Gasteiger charge is -2.39. The molecule has 0 bridgehead atoms. The number of nitrogens with zero attached hydrogens (tertiary/aromatic N) is 5. The maximum absolute atomic E-state index is 13.2. The first-order valence-corrected chi connectivity index (χ1v) is 9.93. The van der Waals surface area contributed by atoms with Gasteiger partial charge in [-0.2, -0.15) is 18.3 Å². The first kappa shape index (κ1) is 24.4. The largest absolute Gasteiger partial charge is 0.410 e. The number of hydrogen-bond donors (Lipinski definition) is 1. The number of halogens is 3. The van der Waals surface area contributed by atoms with Gasteiger partial charge >= 0.3 is 12.2 Å². The maximum atomic E-state index is 13.2. The van der Waals surface area contributed by atoms with Gasteiger partial charge in [0.1, 0.15) is 11.4 Å². The zero-order valence-corrected chi connectivity index (χ0v) is 18.7. The summed E-state index contributed by atoms with van der Waals surface area (Å²) in [4.78, 5) is 33.2. The van der Waals surface area contributed by atoms with Crippen LogP contribution in [0.4, 0.5) is 18.0 Å². The number of nitrogens with one attached hydrogen (secondary N) is 1. The molecular formula is C20H29F3N6O2. The third-order valence-corrected chi connectivity index (χ3v) is 5.20. The summed E-state index contributed by atoms with van der Waals surface area (Å²) in [5.41, 5.74) is -2.00. The van der Waals surface area contributed by atoms with Crippen LogP contribution in [0.2, 0.25) is 0 Å². The van der Waals surface area contributed by atoms with E-state index < -0.39 is 17.6 Å². The molecule has 0 aliphatic carbocycles. The number of carbonyl (C=O) groups is 2. The Bertz CT molecular complexity index is 857. The minimum atomic E-state index is -4.64. The van der Waals surface area contributed by atoms with Crippen molar-refractivity contribution in [2.24, 2.45) is 10.1 Å². The molecule has 0 saturated carbocycles. The second-order valence-electron chi connectivity index (χ2n) is 8.31. The molecule has 0 aromatic carbocycles. The summed E-state index contributed by atoms with van der Waals surface area (Å²) in [6.07, 6.45) is -2.27. The van der Waals surface area contributed by atoms with Gasteiger partial charge in [0, 0.05) is 37.6 Å². The van der Waals surface area contributed by atoms with E-state index in [1.807, 2.05) is 19.2 Å². The van der Waals surface area contributed by atoms with Gasteiger partial charge in [0.05, 0.1) is 5.57 Å². The molecule has 31 heavy (non-hydrogen) atoms. The van der Waals surface area contributed by atoms with E-state index in [0.717, 1.165) is 20.3 Å². The van der Waals surface area contributed by atoms with Gasteiger partial charge in [0.2, 0.25) is 0 Å². The standard InChI is InChI=1S/C20H29F3N6O2/c1-12(2)27-9-8-10-28(18(27)31)15-11-13(3)29(24-7)16(25-15)14(4)17(30)26-19(5,6)20(21,22)23/h11-12H,7-10H2,1-6H3,(H,26,30)/b16-14+. The smallest absolute Gasteiger partial charge is 0.338 e. The minimum Gasteiger partial charge on any atom is -0.338 e. The molecule has 2 rings (SSSR count). The van der Waals surface area contributed by atoms with Crippen LogP contribution in [0.15, 0.2) is 33.3 Å². The molecule has 0 aromatic rings. The fraction of sp³-hybridized carbons (Fsp3) is 0.600. The molecule has 2 aliphatic rings. The molecule has 0 aromatic heterocycles. The van der Waals surface area contributed by atoms with Gasteiger partial charge in [-0.1, -0.05) is 0 Å². The summed E-state index contributed by atoms with van der Waals surface area (Å²) in [5.74, 6) is -0.641. The van der Waals surface area contributed by atoms with Crippen molar-refractivity contribution < 1.29 is 22.8 Å². The van der Waals surface area contributed by atoms with E-state index in [9.17, 15) is 22.8 Å². The van der Waals surface area contributed by atoms with Crippen LogP contribution < -0.4 is 5.32 Å². The Kier molecular flexibility index (Phi) is 6.87. The van der Waals surface area contributed by atoms with Gasteiger partial charge in [-0.3, -0.25) is 9.69 Å². The lowest BCUT2D eigenvalue weighted by atomic mass is 10.0. The summed E-state index contributed by atoms with van der Waals surface area (Å²) < 4.78 is 39.6. The van der Waals surface area contributed by atoms with Gasteiger partial charge in [-0.15, -0.1) is 0 Å². The molecule has 1 N–H and O–H groups in total. The molecule has 0 spiro atoms. The van der Waals surface area contributed by atoms with Gasteiger partial charge in [-0.05, 0) is 48.0 Å². The number of rotatable bonds is 4. The highest BCUT2D eigenvalue weighted by Crippen LogP contribution is 2.31. The van der Waals surface area contributed by atoms with Crippen LogP contribution in [0.5, 0.6) is 0 Å². The molecule has 172 valence electrons. The highest BCUT2D eigenvalue weighted by molar-refractivity contribution is 6.06. The monoisotopic (exact) mass is 442 g/mol. The number of alkyl halides is 3. The number of allylic oxidation sites excluding steroid dienone is 1. The zero-order valence-electron chi connectivity index (χ0n) is 18.7. The topological polar surface area (TPSA) is 80.6 Å². The number of aliphatic imine (C=N–C) groups is 1. The lowest BCUT2D eigenvalue weighted by Crippen LogP contribution is -2.55. The predicted molar refractivity (Wildman–Crippen MR) is 112 cm³/mol. The van der Waals surface area contributed by atoms with E-state index in [0.29, 0.717) is 24.6 Å². The number of hydrazone groups is 1. The summed E-state index contributed by atoms with van der Waals surface area (Å²) in [7, 11) is 0. The van der Waals surface area contributed by atoms with Crippen LogP contribution in [0, 0.1) is 0 Å². The first-order chi connectivity index (χ1) is 14.2. The molecule has 0 atom stereocenters. The number of amidine groups is 1. The van der Waals surface area contributed by atoms with Crippen molar-refractivity contribution >= 4 is 24.5 Å². The van der Waals surface area contributed by atoms with Crippen LogP contribution in [0.1, 0.15) is 48.0 Å². The van der Waals surface area contributed by atoms with Crippen LogP contribution in [-0.2, 0) is 4.79 Å². The summed E-state index contributed by atoms with van der Waals surface area (Å²) in [6.45, 7) is 13.1. The number of carbonyl (C=O) groups excluding carboxylic acids is 2. The van der Waals surface area contributed by atoms with Gasteiger partial charge in [-0.25, -0.2) is 14.8 Å². The highest BCUT2D eigenvalue weighted by Gasteiger charge is 2.48. The SMILES string of the molecule is C=NN1C(C)=CC(N2CCCN(C(C)C)C2=O)=N/C1=C(/C)C(=O)NC(C)(C)C(F)(F)F. The molecular weight excluding hydrogens is 413 g/mol. The van der Waals surface area contributed by atoms with Crippen molar-refractivity contribution in [1.82, 2.24) is 20.1 Å². The molecule has 2 aliphatic heterocycles. The van der Waals surface area contributed by atoms with Crippen molar-refractivity contribution in [1.29, 1.82) is 0 Å². The molecule has 0 unspecified atom stereocenters. The quantitative estimate of drug-likeness (QED) is 0.535. The second-order valence-corrected chi connectivity index (χ2v) is 8.31. The summed E-state index contributed by atoms with van der Waals surface area (Å²) in [6, 6.07) is -0.216. The maximum Gasteiger partial charge on any atom is 0.410 e. The van der Waals surface area contributed by atoms with Crippen LogP contribution in [0.3, 0.4) is 0 Å². The van der Waals surface area contributed by atoms with E-state index in [4.69, 9.17) is 0 Å². The van der Waals surface area contributed by atoms with Crippen LogP contribution in [-0.4, -0.2) is 70.1 Å². The van der Waals surface area contributed by atoms with E-state index in [2.05, 4.69) is 16.8 Å². The van der Waals surface area contributed by atoms with E-state index in [-0.39, 0.29) is 23.5 Å². The van der Waals surface area contributed by atoms with Crippen LogP contribution in [0.25, 0.3) is 0 Å². The fourth-order valence-corrected chi connectivity index (χ4v) is 3.15. The van der Waals surface area contributed by atoms with Gasteiger partial charge in [0.25, 0.3) is 5.91 Å². The molecule has 2 heterocycles. The lowest BCUT2D eigenvalue weighted by molar-refractivity contribution is -0.187. The Balaban J connectivity index is 2.46. The number of amides is 3. The third kappa shape index (κ3) is 4.91. The van der Waals surface area contributed by atoms with Crippen molar-refractivity contribution in [2.45, 2.75) is 65.7 Å². The van der Waals surface area contributed by atoms with Gasteiger partial charge in [0.15, 0.2) is 5.82 Å². The Morgan fingerprint density at radius 3 is 2.42 bits per heavy atom. The van der Waals surface area contributed by atoms with Crippen molar-refractivity contribution in [3.8, 4) is 0 Å². The highest BCUT2D eigenvalue weighted by atomic mass is 19.4. The summed E-state index contributed by atoms with van der Waals surface area (Å²) >= 11 is 0. The molecule has 0 radical (unpaired) electrons. The average Bonchev–Trinajstić information content (AvgIpc) is 2.65. The average molecular weight is 442 g/mol. The van der Waals surface area contributed by atoms with E-state index >= 15 is 0 Å². The fourth-order valence-electron chi connectivity index (χ4n) is 3.15. The third-order valence-electron chi connectivity index (χ3n) is 5.20. The Hall–Kier alpha value is -2.85. The molecule has 3 amide bonds. The molecule has 1 fully saturated rings. The molecule has 8 nitrogen and oxygen atoms in total. The normalized spacial score (nSPS) is 19.9. The van der Waals surface area contributed by atoms with Gasteiger partial charge < -0.3 is 10.2 Å². The first-order valence-electron chi connectivity index (χ1n) is 9.93. The van der Waals surface area contributed by atoms with E-state index in [1.54, 1.807) is 17.9 Å². The van der Waals surface area contributed by atoms with Crippen molar-refractivity contribution in [3.05, 3.63) is 23.2 Å². The zero-order chi connectivity index (χ0) is 23.7. The number of urea groups is 1. The Labute approximate surface area is 180 Å². The molecule has 11 heteroatoms. The number of hydrogen-bond acceptors (Lipinski definition) is 5. The van der Waals surface area contributed by atoms with E-state index in [1.165, 1.54) is 16.8 Å². The predicted octanol–water partition coefficient (Wildman–Crippen LogP) is 3.44. The van der Waals surface area contributed by atoms with Crippen molar-refractivity contribution in [3.63, 3.8) is 0 Å². The summed E-state index contributed by atoms with van der Waals surface area (Å²) in [5, 5.41) is 7.08. The Morgan fingerprint density at radius 2 is 1.90 bits per heavy atom. The minimum absolute atomic E-state index is 0.00281. The second kappa shape index (κ2) is 8.72. The Morgan fingerprint density at radius 1 is 1.29 bits per heavy atom. The van der Waals surface area contributed by atoms with Crippen LogP contribution >= 0.6 is 0 Å².